The Labute approximate surface area is 132 Å². The molecule has 22 heavy (non-hydrogen) atoms. The molecule has 0 amide bonds. The highest BCUT2D eigenvalue weighted by molar-refractivity contribution is 7.92. The van der Waals surface area contributed by atoms with E-state index in [2.05, 4.69) is 0 Å². The van der Waals surface area contributed by atoms with Gasteiger partial charge in [0.05, 0.1) is 16.4 Å². The minimum atomic E-state index is -3.64. The second kappa shape index (κ2) is 5.62. The second-order valence-corrected chi connectivity index (χ2v) is 10.4. The minimum absolute atomic E-state index is 0.0711. The molecule has 0 N–H and O–H groups in total. The van der Waals surface area contributed by atoms with Crippen LogP contribution in [0.1, 0.15) is 30.4 Å². The Morgan fingerprint density at radius 1 is 1.14 bits per heavy atom. The van der Waals surface area contributed by atoms with Crippen LogP contribution in [0.3, 0.4) is 0 Å². The third kappa shape index (κ3) is 2.94. The van der Waals surface area contributed by atoms with Gasteiger partial charge in [-0.25, -0.2) is 16.8 Å². The van der Waals surface area contributed by atoms with E-state index in [9.17, 15) is 16.8 Å². The van der Waals surface area contributed by atoms with Gasteiger partial charge in [-0.05, 0) is 55.4 Å². The smallest absolute Gasteiger partial charge is 0.229 e. The van der Waals surface area contributed by atoms with E-state index in [1.54, 1.807) is 12.1 Å². The normalized spacial score (nSPS) is 24.4. The molecular weight excluding hydrogens is 322 g/mol. The number of fused-ring (bicyclic) bond motifs is 1. The predicted octanol–water partition coefficient (Wildman–Crippen LogP) is 1.37. The zero-order valence-electron chi connectivity index (χ0n) is 12.7. The van der Waals surface area contributed by atoms with Crippen LogP contribution in [-0.2, 0) is 32.7 Å². The summed E-state index contributed by atoms with van der Waals surface area (Å²) < 4.78 is 49.9. The molecule has 1 aromatic carbocycles. The van der Waals surface area contributed by atoms with Crippen LogP contribution in [0.2, 0.25) is 0 Å². The maximum absolute atomic E-state index is 12.7. The maximum Gasteiger partial charge on any atom is 0.243 e. The molecule has 0 aromatic heterocycles. The summed E-state index contributed by atoms with van der Waals surface area (Å²) in [7, 11) is -5.25. The van der Waals surface area contributed by atoms with Crippen molar-refractivity contribution in [2.75, 3.05) is 18.6 Å². The van der Waals surface area contributed by atoms with Crippen LogP contribution >= 0.6 is 0 Å². The molecule has 0 spiro atoms. The molecule has 3 rings (SSSR count). The van der Waals surface area contributed by atoms with Gasteiger partial charge < -0.3 is 0 Å². The Morgan fingerprint density at radius 3 is 2.45 bits per heavy atom. The summed E-state index contributed by atoms with van der Waals surface area (Å²) in [4.78, 5) is 0.278. The lowest BCUT2D eigenvalue weighted by Gasteiger charge is -2.24. The number of sulfonamides is 1. The van der Waals surface area contributed by atoms with Crippen LogP contribution in [-0.4, -0.2) is 45.7 Å². The van der Waals surface area contributed by atoms with E-state index >= 15 is 0 Å². The monoisotopic (exact) mass is 343 g/mol. The molecule has 0 bridgehead atoms. The molecule has 1 heterocycles. The van der Waals surface area contributed by atoms with E-state index < -0.39 is 25.9 Å². The number of aryl methyl sites for hydroxylation is 2. The number of benzene rings is 1. The average Bonchev–Trinajstić information content (AvgIpc) is 2.86. The van der Waals surface area contributed by atoms with Crippen molar-refractivity contribution < 1.29 is 16.8 Å². The molecule has 1 aliphatic heterocycles. The first kappa shape index (κ1) is 16.0. The van der Waals surface area contributed by atoms with Crippen LogP contribution in [0, 0.1) is 0 Å². The van der Waals surface area contributed by atoms with Gasteiger partial charge in [-0.3, -0.25) is 0 Å². The fraction of sp³-hybridized carbons (Fsp3) is 0.600. The lowest BCUT2D eigenvalue weighted by Crippen LogP contribution is -2.37. The van der Waals surface area contributed by atoms with Gasteiger partial charge in [-0.1, -0.05) is 6.07 Å². The third-order valence-corrected chi connectivity index (χ3v) is 8.38. The van der Waals surface area contributed by atoms with Gasteiger partial charge in [0.25, 0.3) is 0 Å². The van der Waals surface area contributed by atoms with E-state index in [0.717, 1.165) is 31.2 Å². The van der Waals surface area contributed by atoms with Gasteiger partial charge >= 0.3 is 0 Å². The standard InChI is InChI=1S/C15H21NO4S2/c1-16(14-8-9-21(17,18)11-14)22(19,20)15-7-6-12-4-2-3-5-13(12)10-15/h6-7,10,14H,2-5,8-9,11H2,1H3/t14-/m0/s1. The lowest BCUT2D eigenvalue weighted by atomic mass is 9.92. The van der Waals surface area contributed by atoms with Crippen molar-refractivity contribution in [3.05, 3.63) is 29.3 Å². The summed E-state index contributed by atoms with van der Waals surface area (Å²) in [6, 6.07) is 4.87. The van der Waals surface area contributed by atoms with Gasteiger partial charge in [-0.15, -0.1) is 0 Å². The van der Waals surface area contributed by atoms with E-state index in [4.69, 9.17) is 0 Å². The van der Waals surface area contributed by atoms with Crippen molar-refractivity contribution in [3.63, 3.8) is 0 Å². The highest BCUT2D eigenvalue weighted by atomic mass is 32.2. The van der Waals surface area contributed by atoms with E-state index in [0.29, 0.717) is 6.42 Å². The number of sulfone groups is 1. The molecule has 1 aliphatic carbocycles. The van der Waals surface area contributed by atoms with Crippen LogP contribution in [0.25, 0.3) is 0 Å². The molecule has 1 aromatic rings. The van der Waals surface area contributed by atoms with Crippen LogP contribution < -0.4 is 0 Å². The first-order valence-electron chi connectivity index (χ1n) is 7.60. The van der Waals surface area contributed by atoms with Gasteiger partial charge in [0, 0.05) is 13.1 Å². The summed E-state index contributed by atoms with van der Waals surface area (Å²) >= 11 is 0. The molecular formula is C15H21NO4S2. The van der Waals surface area contributed by atoms with Crippen molar-refractivity contribution in [3.8, 4) is 0 Å². The van der Waals surface area contributed by atoms with Crippen molar-refractivity contribution in [2.24, 2.45) is 0 Å². The number of hydrogen-bond donors (Lipinski definition) is 0. The fourth-order valence-corrected chi connectivity index (χ4v) is 6.60. The summed E-state index contributed by atoms with van der Waals surface area (Å²) in [5.41, 5.74) is 2.34. The molecule has 1 atom stereocenters. The van der Waals surface area contributed by atoms with E-state index in [-0.39, 0.29) is 16.4 Å². The molecule has 0 unspecified atom stereocenters. The van der Waals surface area contributed by atoms with Crippen LogP contribution in [0.5, 0.6) is 0 Å². The fourth-order valence-electron chi connectivity index (χ4n) is 3.29. The number of nitrogens with zero attached hydrogens (tertiary/aromatic N) is 1. The van der Waals surface area contributed by atoms with Crippen LogP contribution in [0.15, 0.2) is 23.1 Å². The summed E-state index contributed by atoms with van der Waals surface area (Å²) in [5.74, 6) is -0.00458. The number of hydrogen-bond acceptors (Lipinski definition) is 4. The Kier molecular flexibility index (Phi) is 4.07. The summed E-state index contributed by atoms with van der Waals surface area (Å²) in [6.45, 7) is 0. The molecule has 5 nitrogen and oxygen atoms in total. The Hall–Kier alpha value is -0.920. The average molecular weight is 343 g/mol. The molecule has 0 saturated carbocycles. The largest absolute Gasteiger partial charge is 0.243 e. The first-order valence-corrected chi connectivity index (χ1v) is 10.9. The Bertz CT molecular complexity index is 784. The van der Waals surface area contributed by atoms with Crippen molar-refractivity contribution >= 4 is 19.9 Å². The molecule has 1 saturated heterocycles. The van der Waals surface area contributed by atoms with Crippen molar-refractivity contribution in [1.29, 1.82) is 0 Å². The molecule has 2 aliphatic rings. The molecule has 1 fully saturated rings. The predicted molar refractivity (Wildman–Crippen MR) is 85.1 cm³/mol. The Morgan fingerprint density at radius 2 is 1.82 bits per heavy atom. The van der Waals surface area contributed by atoms with Gasteiger partial charge in [0.2, 0.25) is 10.0 Å². The third-order valence-electron chi connectivity index (χ3n) is 4.72. The molecule has 0 radical (unpaired) electrons. The van der Waals surface area contributed by atoms with E-state index in [1.807, 2.05) is 6.07 Å². The van der Waals surface area contributed by atoms with Crippen molar-refractivity contribution in [1.82, 2.24) is 4.31 Å². The first-order chi connectivity index (χ1) is 10.3. The maximum atomic E-state index is 12.7. The molecule has 122 valence electrons. The summed E-state index contributed by atoms with van der Waals surface area (Å²) in [6.07, 6.45) is 4.54. The zero-order chi connectivity index (χ0) is 16.0. The molecule has 7 heteroatoms. The Balaban J connectivity index is 1.89. The highest BCUT2D eigenvalue weighted by Crippen LogP contribution is 2.27. The zero-order valence-corrected chi connectivity index (χ0v) is 14.3. The lowest BCUT2D eigenvalue weighted by molar-refractivity contribution is 0.394. The summed E-state index contributed by atoms with van der Waals surface area (Å²) in [5, 5.41) is 0. The van der Waals surface area contributed by atoms with Gasteiger partial charge in [0.1, 0.15) is 0 Å². The van der Waals surface area contributed by atoms with Gasteiger partial charge in [0.15, 0.2) is 9.84 Å². The number of rotatable bonds is 3. The van der Waals surface area contributed by atoms with E-state index in [1.165, 1.54) is 16.9 Å². The SMILES string of the molecule is CN([C@H]1CCS(=O)(=O)C1)S(=O)(=O)c1ccc2c(c1)CCCC2. The van der Waals surface area contributed by atoms with Gasteiger partial charge in [-0.2, -0.15) is 4.31 Å². The minimum Gasteiger partial charge on any atom is -0.229 e. The second-order valence-electron chi connectivity index (χ2n) is 6.22. The van der Waals surface area contributed by atoms with Crippen LogP contribution in [0.4, 0.5) is 0 Å². The topological polar surface area (TPSA) is 71.5 Å². The van der Waals surface area contributed by atoms with Crippen molar-refractivity contribution in [2.45, 2.75) is 43.0 Å². The highest BCUT2D eigenvalue weighted by Gasteiger charge is 2.36. The quantitative estimate of drug-likeness (QED) is 0.831.